The number of aliphatic carboxylic acids is 1. The Morgan fingerprint density at radius 1 is 0.500 bits per heavy atom. The monoisotopic (exact) mass is 872 g/mol. The van der Waals surface area contributed by atoms with E-state index in [1.165, 1.54) is 83.5 Å². The van der Waals surface area contributed by atoms with E-state index >= 15 is 0 Å². The maximum absolute atomic E-state index is 12.8. The number of carbonyl (C=O) groups excluding carboxylic acids is 3. The zero-order valence-electron chi connectivity index (χ0n) is 40.5. The number of carboxylic acid groups (broad SMARTS) is 1. The number of nitrogens with zero attached hydrogens (tertiary/aromatic N) is 1. The molecule has 0 aromatic rings. The van der Waals surface area contributed by atoms with Crippen molar-refractivity contribution in [2.45, 2.75) is 212 Å². The summed E-state index contributed by atoms with van der Waals surface area (Å²) < 4.78 is 22.6. The van der Waals surface area contributed by atoms with Gasteiger partial charge in [0.25, 0.3) is 0 Å². The van der Waals surface area contributed by atoms with Crippen LogP contribution in [0.3, 0.4) is 0 Å². The molecule has 0 radical (unpaired) electrons. The summed E-state index contributed by atoms with van der Waals surface area (Å²) in [5.74, 6) is -2.31. The molecule has 0 bridgehead atoms. The molecular weight excluding hydrogens is 779 g/mol. The maximum atomic E-state index is 12.8. The molecule has 2 atom stereocenters. The molecule has 0 aliphatic rings. The van der Waals surface area contributed by atoms with Crippen molar-refractivity contribution in [1.82, 2.24) is 0 Å². The summed E-state index contributed by atoms with van der Waals surface area (Å²) >= 11 is 0. The smallest absolute Gasteiger partial charge is 0.306 e. The minimum absolute atomic E-state index is 0.142. The number of allylic oxidation sites excluding steroid dienone is 10. The molecule has 0 aliphatic carbocycles. The lowest BCUT2D eigenvalue weighted by atomic mass is 10.0. The molecule has 0 aliphatic heterocycles. The number of carbonyl (C=O) groups is 3. The van der Waals surface area contributed by atoms with Crippen LogP contribution in [-0.2, 0) is 33.3 Å². The molecule has 62 heavy (non-hydrogen) atoms. The van der Waals surface area contributed by atoms with Gasteiger partial charge in [-0.2, -0.15) is 0 Å². The highest BCUT2D eigenvalue weighted by atomic mass is 16.7. The third-order valence-corrected chi connectivity index (χ3v) is 10.5. The van der Waals surface area contributed by atoms with Crippen molar-refractivity contribution in [3.8, 4) is 0 Å². The lowest BCUT2D eigenvalue weighted by molar-refractivity contribution is -0.870. The average Bonchev–Trinajstić information content (AvgIpc) is 3.23. The Hall–Kier alpha value is -3.01. The standard InChI is InChI=1S/C53H93NO8/c1-6-8-10-12-14-16-18-20-22-24-25-26-27-28-30-32-34-36-38-40-42-44-51(56)62-49(48-61-53(52(57)58)59-46-45-54(3,4)5)47-60-50(55)43-41-39-37-35-33-31-29-23-21-19-17-15-13-11-9-7-2/h8,10,14,16,20,22,25-26,28,30,49,53H,6-7,9,11-13,15,17-19,21,23-24,27,29,31-48H2,1-5H3/b10-8-,16-14-,22-20-,26-25-,30-28-. The van der Waals surface area contributed by atoms with E-state index in [0.717, 1.165) is 83.5 Å². The molecule has 0 heterocycles. The van der Waals surface area contributed by atoms with Gasteiger partial charge in [0, 0.05) is 12.8 Å². The molecule has 0 N–H and O–H groups in total. The Morgan fingerprint density at radius 2 is 0.919 bits per heavy atom. The highest BCUT2D eigenvalue weighted by Gasteiger charge is 2.21. The van der Waals surface area contributed by atoms with Gasteiger partial charge >= 0.3 is 11.9 Å². The van der Waals surface area contributed by atoms with Gasteiger partial charge < -0.3 is 33.3 Å². The van der Waals surface area contributed by atoms with Crippen LogP contribution in [0.1, 0.15) is 200 Å². The van der Waals surface area contributed by atoms with Gasteiger partial charge in [0.05, 0.1) is 40.3 Å². The van der Waals surface area contributed by atoms with Gasteiger partial charge in [-0.1, -0.05) is 190 Å². The van der Waals surface area contributed by atoms with E-state index in [1.807, 2.05) is 21.1 Å². The highest BCUT2D eigenvalue weighted by Crippen LogP contribution is 2.15. The average molecular weight is 872 g/mol. The fourth-order valence-corrected chi connectivity index (χ4v) is 6.68. The Kier molecular flexibility index (Phi) is 42.4. The zero-order valence-corrected chi connectivity index (χ0v) is 40.5. The molecule has 0 aromatic heterocycles. The van der Waals surface area contributed by atoms with E-state index in [9.17, 15) is 19.5 Å². The first-order valence-electron chi connectivity index (χ1n) is 24.9. The van der Waals surface area contributed by atoms with Crippen LogP contribution in [0.15, 0.2) is 60.8 Å². The lowest BCUT2D eigenvalue weighted by Crippen LogP contribution is -2.44. The molecule has 0 saturated heterocycles. The molecule has 0 aromatic carbocycles. The molecule has 0 fully saturated rings. The van der Waals surface area contributed by atoms with Crippen LogP contribution in [0, 0.1) is 0 Å². The second kappa shape index (κ2) is 44.6. The predicted octanol–water partition coefficient (Wildman–Crippen LogP) is 12.4. The summed E-state index contributed by atoms with van der Waals surface area (Å²) in [6.07, 6.45) is 51.0. The quantitative estimate of drug-likeness (QED) is 0.0196. The Bertz CT molecular complexity index is 1200. The van der Waals surface area contributed by atoms with Crippen LogP contribution in [0.25, 0.3) is 0 Å². The van der Waals surface area contributed by atoms with Crippen LogP contribution >= 0.6 is 0 Å². The van der Waals surface area contributed by atoms with Crippen LogP contribution in [-0.4, -0.2) is 82.3 Å². The topological polar surface area (TPSA) is 111 Å². The van der Waals surface area contributed by atoms with Crippen molar-refractivity contribution in [1.29, 1.82) is 0 Å². The Labute approximate surface area is 380 Å². The number of unbranched alkanes of at least 4 members (excludes halogenated alkanes) is 20. The van der Waals surface area contributed by atoms with Crippen LogP contribution in [0.2, 0.25) is 0 Å². The van der Waals surface area contributed by atoms with E-state index < -0.39 is 24.3 Å². The Morgan fingerprint density at radius 3 is 1.37 bits per heavy atom. The zero-order chi connectivity index (χ0) is 45.6. The van der Waals surface area contributed by atoms with Crippen LogP contribution in [0.4, 0.5) is 0 Å². The lowest BCUT2D eigenvalue weighted by Gasteiger charge is -2.26. The van der Waals surface area contributed by atoms with E-state index in [2.05, 4.69) is 74.6 Å². The molecule has 9 heteroatoms. The summed E-state index contributed by atoms with van der Waals surface area (Å²) in [6, 6.07) is 0. The number of carboxylic acids is 1. The molecule has 0 rings (SSSR count). The number of ether oxygens (including phenoxy) is 4. The molecule has 0 spiro atoms. The van der Waals surface area contributed by atoms with Crippen molar-refractivity contribution in [3.05, 3.63) is 60.8 Å². The van der Waals surface area contributed by atoms with E-state index in [-0.39, 0.29) is 38.6 Å². The third-order valence-electron chi connectivity index (χ3n) is 10.5. The highest BCUT2D eigenvalue weighted by molar-refractivity contribution is 5.70. The van der Waals surface area contributed by atoms with Crippen molar-refractivity contribution in [3.63, 3.8) is 0 Å². The van der Waals surface area contributed by atoms with Gasteiger partial charge in [-0.05, 0) is 57.8 Å². The summed E-state index contributed by atoms with van der Waals surface area (Å²) in [7, 11) is 5.90. The molecule has 9 nitrogen and oxygen atoms in total. The maximum Gasteiger partial charge on any atom is 0.306 e. The van der Waals surface area contributed by atoms with E-state index in [0.29, 0.717) is 17.4 Å². The minimum atomic E-state index is -1.63. The van der Waals surface area contributed by atoms with E-state index in [4.69, 9.17) is 18.9 Å². The molecule has 2 unspecified atom stereocenters. The second-order valence-electron chi connectivity index (χ2n) is 17.7. The summed E-state index contributed by atoms with van der Waals surface area (Å²) in [4.78, 5) is 37.1. The van der Waals surface area contributed by atoms with Crippen molar-refractivity contribution in [2.24, 2.45) is 0 Å². The minimum Gasteiger partial charge on any atom is -0.545 e. The molecular formula is C53H93NO8. The fourth-order valence-electron chi connectivity index (χ4n) is 6.68. The summed E-state index contributed by atoms with van der Waals surface area (Å²) in [6.45, 7) is 4.61. The SMILES string of the molecule is CC/C=C\C/C=C\C/C=C\C/C=C\C/C=C\CCCCCCCC(=O)OC(COC(=O)CCCCCCCCCCCCCCCCCC)COC(OCC[N+](C)(C)C)C(=O)[O-]. The van der Waals surface area contributed by atoms with Gasteiger partial charge in [-0.3, -0.25) is 9.59 Å². The normalized spacial score (nSPS) is 13.4. The molecule has 358 valence electrons. The second-order valence-corrected chi connectivity index (χ2v) is 17.7. The fraction of sp³-hybridized carbons (Fsp3) is 0.755. The van der Waals surface area contributed by atoms with Crippen LogP contribution < -0.4 is 5.11 Å². The molecule has 0 amide bonds. The van der Waals surface area contributed by atoms with Gasteiger partial charge in [-0.15, -0.1) is 0 Å². The number of likely N-dealkylation sites (N-methyl/N-ethyl adjacent to an activating group) is 1. The van der Waals surface area contributed by atoms with Gasteiger partial charge in [0.15, 0.2) is 12.4 Å². The summed E-state index contributed by atoms with van der Waals surface area (Å²) in [5.41, 5.74) is 0. The predicted molar refractivity (Wildman–Crippen MR) is 255 cm³/mol. The van der Waals surface area contributed by atoms with Gasteiger partial charge in [0.1, 0.15) is 13.2 Å². The van der Waals surface area contributed by atoms with Crippen molar-refractivity contribution < 1.29 is 42.9 Å². The van der Waals surface area contributed by atoms with E-state index in [1.54, 1.807) is 0 Å². The largest absolute Gasteiger partial charge is 0.545 e. The number of quaternary nitrogens is 1. The number of hydrogen-bond acceptors (Lipinski definition) is 8. The van der Waals surface area contributed by atoms with Gasteiger partial charge in [0.2, 0.25) is 0 Å². The first-order chi connectivity index (χ1) is 30.1. The first kappa shape index (κ1) is 59.0. The number of hydrogen-bond donors (Lipinski definition) is 0. The van der Waals surface area contributed by atoms with Crippen molar-refractivity contribution in [2.75, 3.05) is 47.5 Å². The number of esters is 2. The van der Waals surface area contributed by atoms with Crippen molar-refractivity contribution >= 4 is 17.9 Å². The van der Waals surface area contributed by atoms with Gasteiger partial charge in [-0.25, -0.2) is 0 Å². The molecule has 0 saturated carbocycles. The van der Waals surface area contributed by atoms with Crippen LogP contribution in [0.5, 0.6) is 0 Å². The number of rotatable bonds is 45. The Balaban J connectivity index is 4.41. The summed E-state index contributed by atoms with van der Waals surface area (Å²) in [5, 5.41) is 11.7. The first-order valence-corrected chi connectivity index (χ1v) is 24.9. The third kappa shape index (κ3) is 45.0.